The summed E-state index contributed by atoms with van der Waals surface area (Å²) in [4.78, 5) is 24.9. The van der Waals surface area contributed by atoms with Crippen molar-refractivity contribution in [2.24, 2.45) is 11.7 Å². The van der Waals surface area contributed by atoms with Gasteiger partial charge < -0.3 is 15.4 Å². The van der Waals surface area contributed by atoms with Crippen molar-refractivity contribution in [3.05, 3.63) is 29.8 Å². The van der Waals surface area contributed by atoms with Gasteiger partial charge in [0.25, 0.3) is 0 Å². The highest BCUT2D eigenvalue weighted by atomic mass is 19.1. The third-order valence-electron chi connectivity index (χ3n) is 3.76. The maximum absolute atomic E-state index is 13.5. The summed E-state index contributed by atoms with van der Waals surface area (Å²) in [6.07, 6.45) is -1.09. The molecule has 23 heavy (non-hydrogen) atoms. The minimum Gasteiger partial charge on any atom is -0.493 e. The zero-order chi connectivity index (χ0) is 17.0. The molecule has 1 fully saturated rings. The van der Waals surface area contributed by atoms with E-state index < -0.39 is 18.1 Å². The van der Waals surface area contributed by atoms with Crippen LogP contribution in [0.3, 0.4) is 0 Å². The first-order valence-corrected chi connectivity index (χ1v) is 7.81. The fourth-order valence-corrected chi connectivity index (χ4v) is 2.57. The first-order valence-electron chi connectivity index (χ1n) is 7.81. The average Bonchev–Trinajstić information content (AvgIpc) is 2.89. The number of hydrogen-bond donors (Lipinski definition) is 1. The van der Waals surface area contributed by atoms with E-state index in [2.05, 4.69) is 13.8 Å². The van der Waals surface area contributed by atoms with Crippen LogP contribution in [0, 0.1) is 5.92 Å². The molecule has 0 unspecified atom stereocenters. The second-order valence-electron chi connectivity index (χ2n) is 6.32. The second kappa shape index (κ2) is 7.44. The van der Waals surface area contributed by atoms with E-state index in [1.165, 1.54) is 4.90 Å². The van der Waals surface area contributed by atoms with E-state index in [0.29, 0.717) is 12.5 Å². The molecular formula is C17H23FN2O3. The molecule has 0 aliphatic carbocycles. The lowest BCUT2D eigenvalue weighted by Gasteiger charge is -2.21. The van der Waals surface area contributed by atoms with Crippen molar-refractivity contribution >= 4 is 11.8 Å². The Kier molecular flexibility index (Phi) is 5.58. The van der Waals surface area contributed by atoms with Gasteiger partial charge in [-0.25, -0.2) is 4.39 Å². The average molecular weight is 322 g/mol. The summed E-state index contributed by atoms with van der Waals surface area (Å²) in [5.41, 5.74) is 6.03. The van der Waals surface area contributed by atoms with Gasteiger partial charge in [0.15, 0.2) is 0 Å². The number of nitrogens with two attached hydrogens (primary N) is 1. The van der Waals surface area contributed by atoms with Crippen LogP contribution in [0.2, 0.25) is 0 Å². The molecule has 0 spiro atoms. The monoisotopic (exact) mass is 322 g/mol. The highest BCUT2D eigenvalue weighted by Gasteiger charge is 2.38. The van der Waals surface area contributed by atoms with Gasteiger partial charge in [0.1, 0.15) is 18.0 Å². The molecule has 1 saturated heterocycles. The lowest BCUT2D eigenvalue weighted by Crippen LogP contribution is -2.44. The lowest BCUT2D eigenvalue weighted by molar-refractivity contribution is -0.136. The maximum Gasteiger partial charge on any atom is 0.240 e. The Balaban J connectivity index is 1.96. The number of benzene rings is 1. The number of rotatable bonds is 6. The Morgan fingerprint density at radius 2 is 2.00 bits per heavy atom. The zero-order valence-electron chi connectivity index (χ0n) is 13.5. The molecule has 0 aromatic heterocycles. The molecule has 2 rings (SSSR count). The second-order valence-corrected chi connectivity index (χ2v) is 6.32. The molecule has 6 heteroatoms. The Morgan fingerprint density at radius 3 is 2.57 bits per heavy atom. The zero-order valence-corrected chi connectivity index (χ0v) is 13.5. The largest absolute Gasteiger partial charge is 0.493 e. The number of likely N-dealkylation sites (tertiary alicyclic amines) is 1. The van der Waals surface area contributed by atoms with Gasteiger partial charge in [0.05, 0.1) is 19.6 Å². The van der Waals surface area contributed by atoms with E-state index in [0.717, 1.165) is 11.3 Å². The van der Waals surface area contributed by atoms with Crippen molar-refractivity contribution in [1.82, 2.24) is 4.90 Å². The summed E-state index contributed by atoms with van der Waals surface area (Å²) in [5.74, 6) is 0.237. The molecule has 1 aromatic carbocycles. The summed E-state index contributed by atoms with van der Waals surface area (Å²) in [7, 11) is 0. The fraction of sp³-hybridized carbons (Fsp3) is 0.529. The number of alkyl halides is 1. The minimum atomic E-state index is -1.19. The normalized spacial score (nSPS) is 20.8. The molecule has 2 N–H and O–H groups in total. The van der Waals surface area contributed by atoms with Crippen LogP contribution in [0.5, 0.6) is 5.75 Å². The van der Waals surface area contributed by atoms with Crippen molar-refractivity contribution in [2.45, 2.75) is 38.9 Å². The third kappa shape index (κ3) is 4.68. The number of ether oxygens (including phenoxy) is 1. The third-order valence-corrected chi connectivity index (χ3v) is 3.76. The number of carbonyl (C=O) groups is 2. The summed E-state index contributed by atoms with van der Waals surface area (Å²) < 4.78 is 19.1. The summed E-state index contributed by atoms with van der Waals surface area (Å²) in [6.45, 7) is 4.69. The van der Waals surface area contributed by atoms with Crippen LogP contribution in [0.4, 0.5) is 4.39 Å². The lowest BCUT2D eigenvalue weighted by atomic mass is 10.1. The summed E-state index contributed by atoms with van der Waals surface area (Å²) in [5, 5.41) is 0. The molecule has 1 heterocycles. The molecule has 2 atom stereocenters. The van der Waals surface area contributed by atoms with Crippen LogP contribution in [-0.4, -0.2) is 42.1 Å². The summed E-state index contributed by atoms with van der Waals surface area (Å²) >= 11 is 0. The predicted octanol–water partition coefficient (Wildman–Crippen LogP) is 1.69. The Labute approximate surface area is 135 Å². The van der Waals surface area contributed by atoms with Crippen LogP contribution >= 0.6 is 0 Å². The van der Waals surface area contributed by atoms with Gasteiger partial charge >= 0.3 is 0 Å². The van der Waals surface area contributed by atoms with Crippen LogP contribution in [0.15, 0.2) is 24.3 Å². The molecular weight excluding hydrogens is 299 g/mol. The van der Waals surface area contributed by atoms with Crippen molar-refractivity contribution in [3.63, 3.8) is 0 Å². The van der Waals surface area contributed by atoms with E-state index in [9.17, 15) is 14.0 Å². The smallest absolute Gasteiger partial charge is 0.240 e. The summed E-state index contributed by atoms with van der Waals surface area (Å²) in [6, 6.07) is 6.37. The molecule has 0 saturated carbocycles. The van der Waals surface area contributed by atoms with E-state index in [4.69, 9.17) is 10.5 Å². The van der Waals surface area contributed by atoms with Gasteiger partial charge in [-0.1, -0.05) is 26.0 Å². The first kappa shape index (κ1) is 17.2. The van der Waals surface area contributed by atoms with Gasteiger partial charge in [-0.3, -0.25) is 9.59 Å². The van der Waals surface area contributed by atoms with Gasteiger partial charge in [-0.2, -0.15) is 0 Å². The van der Waals surface area contributed by atoms with Crippen molar-refractivity contribution in [2.75, 3.05) is 13.2 Å². The van der Waals surface area contributed by atoms with E-state index >= 15 is 0 Å². The molecule has 126 valence electrons. The molecule has 1 aliphatic rings. The maximum atomic E-state index is 13.5. The van der Waals surface area contributed by atoms with Crippen molar-refractivity contribution in [3.8, 4) is 5.75 Å². The first-order chi connectivity index (χ1) is 10.9. The predicted molar refractivity (Wildman–Crippen MR) is 84.7 cm³/mol. The fourth-order valence-electron chi connectivity index (χ4n) is 2.57. The number of nitrogens with zero attached hydrogens (tertiary/aromatic N) is 1. The minimum absolute atomic E-state index is 0.0109. The SMILES string of the molecule is CC(C)COc1ccc(CC(=O)N2C[C@H](F)C[C@H]2C(N)=O)cc1. The van der Waals surface area contributed by atoms with Crippen LogP contribution in [0.1, 0.15) is 25.8 Å². The van der Waals surface area contributed by atoms with Crippen molar-refractivity contribution < 1.29 is 18.7 Å². The van der Waals surface area contributed by atoms with Gasteiger partial charge in [-0.15, -0.1) is 0 Å². The van der Waals surface area contributed by atoms with E-state index in [1.54, 1.807) is 24.3 Å². The molecule has 2 amide bonds. The quantitative estimate of drug-likeness (QED) is 0.866. The van der Waals surface area contributed by atoms with Crippen LogP contribution < -0.4 is 10.5 Å². The number of hydrogen-bond acceptors (Lipinski definition) is 3. The van der Waals surface area contributed by atoms with Crippen LogP contribution in [0.25, 0.3) is 0 Å². The van der Waals surface area contributed by atoms with Gasteiger partial charge in [0.2, 0.25) is 11.8 Å². The molecule has 0 radical (unpaired) electrons. The standard InChI is InChI=1S/C17H23FN2O3/c1-11(2)10-23-14-5-3-12(4-6-14)7-16(21)20-9-13(18)8-15(20)17(19)22/h3-6,11,13,15H,7-10H2,1-2H3,(H2,19,22)/t13-,15+/m1/s1. The molecule has 0 bridgehead atoms. The molecule has 1 aliphatic heterocycles. The number of carbonyl (C=O) groups excluding carboxylic acids is 2. The van der Waals surface area contributed by atoms with Crippen molar-refractivity contribution in [1.29, 1.82) is 0 Å². The molecule has 5 nitrogen and oxygen atoms in total. The van der Waals surface area contributed by atoms with Crippen LogP contribution in [-0.2, 0) is 16.0 Å². The Bertz CT molecular complexity index is 559. The molecule has 1 aromatic rings. The van der Waals surface area contributed by atoms with Gasteiger partial charge in [0, 0.05) is 6.42 Å². The number of amides is 2. The Hall–Kier alpha value is -2.11. The Morgan fingerprint density at radius 1 is 1.35 bits per heavy atom. The van der Waals surface area contributed by atoms with E-state index in [1.807, 2.05) is 0 Å². The highest BCUT2D eigenvalue weighted by Crippen LogP contribution is 2.22. The number of primary amides is 1. The topological polar surface area (TPSA) is 72.6 Å². The van der Waals surface area contributed by atoms with E-state index in [-0.39, 0.29) is 25.3 Å². The number of halogens is 1. The highest BCUT2D eigenvalue weighted by molar-refractivity contribution is 5.88. The van der Waals surface area contributed by atoms with Gasteiger partial charge in [-0.05, 0) is 23.6 Å².